The van der Waals surface area contributed by atoms with E-state index < -0.39 is 17.0 Å². The summed E-state index contributed by atoms with van der Waals surface area (Å²) < 4.78 is 22.5. The smallest absolute Gasteiger partial charge is 0.284 e. The third-order valence-electron chi connectivity index (χ3n) is 0.321. The van der Waals surface area contributed by atoms with Crippen molar-refractivity contribution in [1.82, 2.24) is 0 Å². The van der Waals surface area contributed by atoms with Crippen LogP contribution in [0.5, 0.6) is 0 Å². The maximum atomic E-state index is 9.90. The van der Waals surface area contributed by atoms with Crippen molar-refractivity contribution in [2.24, 2.45) is 0 Å². The van der Waals surface area contributed by atoms with E-state index >= 15 is 0 Å². The first-order chi connectivity index (χ1) is 3.42. The second kappa shape index (κ2) is 3.98. The van der Waals surface area contributed by atoms with Gasteiger partial charge in [-0.15, -0.1) is 0 Å². The van der Waals surface area contributed by atoms with Crippen LogP contribution < -0.4 is 0 Å². The van der Waals surface area contributed by atoms with Crippen molar-refractivity contribution in [3.63, 3.8) is 0 Å². The van der Waals surface area contributed by atoms with Gasteiger partial charge < -0.3 is 0 Å². The highest BCUT2D eigenvalue weighted by molar-refractivity contribution is 7.74. The molecule has 0 rings (SSSR count). The summed E-state index contributed by atoms with van der Waals surface area (Å²) >= 11 is -2.14. The molecular weight excluding hydrogens is 140 g/mol. The maximum absolute atomic E-state index is 9.90. The summed E-state index contributed by atoms with van der Waals surface area (Å²) in [6.45, 7) is 5.13. The molecule has 0 aromatic carbocycles. The van der Waals surface area contributed by atoms with Gasteiger partial charge in [-0.3, -0.25) is 8.74 Å². The summed E-state index contributed by atoms with van der Waals surface area (Å²) in [5.41, 5.74) is -0.528. The third-order valence-corrected chi connectivity index (χ3v) is 0.964. The molecular formula is C5H14O3S. The average molecular weight is 154 g/mol. The summed E-state index contributed by atoms with van der Waals surface area (Å²) in [7, 11) is 0. The fourth-order valence-corrected chi connectivity index (χ4v) is 0.642. The largest absolute Gasteiger partial charge is 0.302 e. The average Bonchev–Trinajstić information content (AvgIpc) is 1.21. The van der Waals surface area contributed by atoms with Crippen molar-refractivity contribution in [3.8, 4) is 0 Å². The molecule has 9 heavy (non-hydrogen) atoms. The molecule has 58 valence electrons. The number of rotatable bonds is 1. The minimum Gasteiger partial charge on any atom is -0.284 e. The minimum atomic E-state index is -2.14. The molecule has 0 saturated heterocycles. The number of hydrogen-bond acceptors (Lipinski definition) is 2. The molecule has 0 spiro atoms. The Balaban J connectivity index is 0. The Kier molecular flexibility index (Phi) is 5.22. The second-order valence-electron chi connectivity index (χ2n) is 2.41. The molecule has 0 saturated carbocycles. The maximum Gasteiger partial charge on any atom is 0.302 e. The van der Waals surface area contributed by atoms with Gasteiger partial charge in [-0.25, -0.2) is 0 Å². The molecule has 0 aromatic rings. The lowest BCUT2D eigenvalue weighted by atomic mass is 10.2. The molecule has 3 nitrogen and oxygen atoms in total. The fourth-order valence-electron chi connectivity index (χ4n) is 0.214. The topological polar surface area (TPSA) is 46.5 Å². The molecule has 0 aliphatic carbocycles. The van der Waals surface area contributed by atoms with Gasteiger partial charge in [0.05, 0.1) is 5.60 Å². The van der Waals surface area contributed by atoms with Gasteiger partial charge in [-0.2, -0.15) is 4.21 Å². The van der Waals surface area contributed by atoms with E-state index in [1.54, 1.807) is 20.8 Å². The van der Waals surface area contributed by atoms with Gasteiger partial charge in [0.25, 0.3) is 0 Å². The molecule has 1 N–H and O–H groups in total. The van der Waals surface area contributed by atoms with Gasteiger partial charge in [0.15, 0.2) is 0 Å². The highest BCUT2D eigenvalue weighted by Gasteiger charge is 2.12. The van der Waals surface area contributed by atoms with E-state index in [4.69, 9.17) is 4.55 Å². The molecule has 0 amide bonds. The number of hydrogen-bond donors (Lipinski definition) is 1. The second-order valence-corrected chi connectivity index (χ2v) is 3.01. The van der Waals surface area contributed by atoms with E-state index in [0.29, 0.717) is 0 Å². The Bertz CT molecular complexity index is 94.9. The predicted molar refractivity (Wildman–Crippen MR) is 38.3 cm³/mol. The molecule has 0 fully saturated rings. The van der Waals surface area contributed by atoms with Crippen LogP contribution in [0.3, 0.4) is 0 Å². The summed E-state index contributed by atoms with van der Waals surface area (Å²) in [5.74, 6) is 0. The van der Waals surface area contributed by atoms with Crippen LogP contribution in [0.4, 0.5) is 0 Å². The first-order valence-electron chi connectivity index (χ1n) is 2.22. The van der Waals surface area contributed by atoms with Crippen molar-refractivity contribution in [3.05, 3.63) is 0 Å². The zero-order valence-electron chi connectivity index (χ0n) is 5.17. The summed E-state index contributed by atoms with van der Waals surface area (Å²) in [5, 5.41) is 0. The van der Waals surface area contributed by atoms with Gasteiger partial charge in [0, 0.05) is 0 Å². The van der Waals surface area contributed by atoms with Crippen molar-refractivity contribution >= 4 is 11.4 Å². The van der Waals surface area contributed by atoms with Crippen LogP contribution in [-0.2, 0) is 15.5 Å². The molecule has 1 atom stereocenters. The van der Waals surface area contributed by atoms with Crippen molar-refractivity contribution in [1.29, 1.82) is 0 Å². The predicted octanol–water partition coefficient (Wildman–Crippen LogP) is 1.57. The Morgan fingerprint density at radius 2 is 1.78 bits per heavy atom. The van der Waals surface area contributed by atoms with Crippen LogP contribution in [-0.4, -0.2) is 14.4 Å². The van der Waals surface area contributed by atoms with Crippen molar-refractivity contribution in [2.75, 3.05) is 0 Å². The van der Waals surface area contributed by atoms with E-state index in [9.17, 15) is 4.21 Å². The van der Waals surface area contributed by atoms with Crippen molar-refractivity contribution in [2.45, 2.75) is 33.8 Å². The lowest BCUT2D eigenvalue weighted by Gasteiger charge is -2.14. The molecule has 0 aliphatic heterocycles. The lowest BCUT2D eigenvalue weighted by molar-refractivity contribution is 0.136. The third kappa shape index (κ3) is 11.6. The van der Waals surface area contributed by atoms with Gasteiger partial charge in [0.1, 0.15) is 0 Å². The summed E-state index contributed by atoms with van der Waals surface area (Å²) in [4.78, 5) is 0. The molecule has 0 bridgehead atoms. The van der Waals surface area contributed by atoms with Gasteiger partial charge >= 0.3 is 11.4 Å². The Morgan fingerprint density at radius 3 is 1.78 bits per heavy atom. The molecule has 0 aliphatic rings. The van der Waals surface area contributed by atoms with E-state index in [0.717, 1.165) is 0 Å². The van der Waals surface area contributed by atoms with Crippen molar-refractivity contribution < 1.29 is 12.9 Å². The first kappa shape index (κ1) is 11.8. The standard InChI is InChI=1S/C4H10O3S.CH4/c1-4(2,3)7-8(5)6;/h1-3H3,(H,5,6);1H4. The van der Waals surface area contributed by atoms with Crippen LogP contribution in [0.15, 0.2) is 0 Å². The molecule has 0 heterocycles. The highest BCUT2D eigenvalue weighted by Crippen LogP contribution is 2.06. The van der Waals surface area contributed by atoms with E-state index in [1.807, 2.05) is 0 Å². The fraction of sp³-hybridized carbons (Fsp3) is 1.00. The summed E-state index contributed by atoms with van der Waals surface area (Å²) in [6.07, 6.45) is 0. The van der Waals surface area contributed by atoms with E-state index in [2.05, 4.69) is 4.18 Å². The molecule has 0 aromatic heterocycles. The van der Waals surface area contributed by atoms with Crippen LogP contribution >= 0.6 is 0 Å². The molecule has 1 unspecified atom stereocenters. The molecule has 0 radical (unpaired) electrons. The Labute approximate surface area is 58.9 Å². The monoisotopic (exact) mass is 154 g/mol. The Morgan fingerprint density at radius 1 is 1.44 bits per heavy atom. The zero-order valence-corrected chi connectivity index (χ0v) is 5.99. The Hall–Kier alpha value is 0.0700. The van der Waals surface area contributed by atoms with Gasteiger partial charge in [-0.1, -0.05) is 7.43 Å². The summed E-state index contributed by atoms with van der Waals surface area (Å²) in [6, 6.07) is 0. The van der Waals surface area contributed by atoms with Crippen LogP contribution in [0.1, 0.15) is 28.2 Å². The van der Waals surface area contributed by atoms with E-state index in [-0.39, 0.29) is 7.43 Å². The molecule has 4 heteroatoms. The normalized spacial score (nSPS) is 14.2. The van der Waals surface area contributed by atoms with E-state index in [1.165, 1.54) is 0 Å². The first-order valence-corrected chi connectivity index (χ1v) is 3.25. The van der Waals surface area contributed by atoms with Gasteiger partial charge in [-0.05, 0) is 20.8 Å². The minimum absolute atomic E-state index is 0. The van der Waals surface area contributed by atoms with Crippen LogP contribution in [0.2, 0.25) is 0 Å². The quantitative estimate of drug-likeness (QED) is 0.583. The van der Waals surface area contributed by atoms with Crippen LogP contribution in [0, 0.1) is 0 Å². The highest BCUT2D eigenvalue weighted by atomic mass is 32.2. The lowest BCUT2D eigenvalue weighted by Crippen LogP contribution is -2.19. The van der Waals surface area contributed by atoms with Gasteiger partial charge in [0.2, 0.25) is 0 Å². The van der Waals surface area contributed by atoms with Crippen LogP contribution in [0.25, 0.3) is 0 Å². The zero-order chi connectivity index (χ0) is 6.78. The SMILES string of the molecule is C.CC(C)(C)OS(=O)O.